The maximum Gasteiger partial charge on any atom is 0.0855 e. The van der Waals surface area contributed by atoms with Crippen molar-refractivity contribution in [1.82, 2.24) is 4.90 Å². The van der Waals surface area contributed by atoms with Crippen LogP contribution in [0.4, 0.5) is 0 Å². The van der Waals surface area contributed by atoms with Crippen molar-refractivity contribution in [2.24, 2.45) is 11.7 Å². The fraction of sp³-hybridized carbons (Fsp3) is 1.00. The summed E-state index contributed by atoms with van der Waals surface area (Å²) in [6.07, 6.45) is 9.66. The molecule has 1 aliphatic carbocycles. The van der Waals surface area contributed by atoms with Gasteiger partial charge in [0, 0.05) is 19.1 Å². The summed E-state index contributed by atoms with van der Waals surface area (Å²) in [4.78, 5) is 2.52. The lowest BCUT2D eigenvalue weighted by Crippen LogP contribution is -2.53. The molecule has 2 unspecified atom stereocenters. The Balaban J connectivity index is 1.84. The molecule has 0 aromatic rings. The van der Waals surface area contributed by atoms with E-state index in [1.54, 1.807) is 0 Å². The average Bonchev–Trinajstić information content (AvgIpc) is 2.67. The number of rotatable bonds is 4. The van der Waals surface area contributed by atoms with E-state index in [-0.39, 0.29) is 12.1 Å². The molecule has 2 atom stereocenters. The normalized spacial score (nSPS) is 30.0. The lowest BCUT2D eigenvalue weighted by Gasteiger charge is -2.38. The zero-order valence-electron chi connectivity index (χ0n) is 11.9. The molecular weight excluding hydrogens is 224 g/mol. The van der Waals surface area contributed by atoms with Crippen molar-refractivity contribution in [3.8, 4) is 0 Å². The van der Waals surface area contributed by atoms with Gasteiger partial charge < -0.3 is 10.5 Å². The first kappa shape index (κ1) is 14.3. The van der Waals surface area contributed by atoms with Gasteiger partial charge in [0.1, 0.15) is 0 Å². The van der Waals surface area contributed by atoms with Crippen molar-refractivity contribution >= 4 is 0 Å². The molecule has 2 fully saturated rings. The molecular formula is C15H30N2O. The van der Waals surface area contributed by atoms with Gasteiger partial charge in [0.15, 0.2) is 0 Å². The molecule has 0 spiro atoms. The van der Waals surface area contributed by atoms with Crippen LogP contribution in [-0.4, -0.2) is 43.3 Å². The number of nitrogens with zero attached hydrogens (tertiary/aromatic N) is 1. The van der Waals surface area contributed by atoms with E-state index in [4.69, 9.17) is 10.5 Å². The quantitative estimate of drug-likeness (QED) is 0.783. The van der Waals surface area contributed by atoms with Gasteiger partial charge in [0.05, 0.1) is 12.7 Å². The molecule has 1 aliphatic heterocycles. The molecule has 3 heteroatoms. The highest BCUT2D eigenvalue weighted by atomic mass is 16.5. The Bertz CT molecular complexity index is 225. The molecule has 2 aliphatic rings. The van der Waals surface area contributed by atoms with E-state index in [1.807, 2.05) is 0 Å². The second-order valence-corrected chi connectivity index (χ2v) is 6.04. The molecule has 0 radical (unpaired) electrons. The SMILES string of the molecule is CCCN1CCOC(C(N)C2CCCCCC2)C1. The zero-order valence-corrected chi connectivity index (χ0v) is 11.9. The summed E-state index contributed by atoms with van der Waals surface area (Å²) in [5, 5.41) is 0. The average molecular weight is 254 g/mol. The third kappa shape index (κ3) is 3.94. The van der Waals surface area contributed by atoms with Crippen molar-refractivity contribution in [2.75, 3.05) is 26.2 Å². The zero-order chi connectivity index (χ0) is 12.8. The molecule has 1 heterocycles. The molecule has 2 rings (SSSR count). The predicted molar refractivity (Wildman–Crippen MR) is 75.6 cm³/mol. The summed E-state index contributed by atoms with van der Waals surface area (Å²) in [5.41, 5.74) is 6.50. The number of nitrogens with two attached hydrogens (primary N) is 1. The second-order valence-electron chi connectivity index (χ2n) is 6.04. The lowest BCUT2D eigenvalue weighted by atomic mass is 9.88. The molecule has 3 nitrogen and oxygen atoms in total. The van der Waals surface area contributed by atoms with Crippen LogP contribution in [0.3, 0.4) is 0 Å². The minimum absolute atomic E-state index is 0.253. The van der Waals surface area contributed by atoms with Gasteiger partial charge >= 0.3 is 0 Å². The molecule has 2 N–H and O–H groups in total. The highest BCUT2D eigenvalue weighted by molar-refractivity contribution is 4.86. The topological polar surface area (TPSA) is 38.5 Å². The van der Waals surface area contributed by atoms with Crippen molar-refractivity contribution in [1.29, 1.82) is 0 Å². The molecule has 1 saturated carbocycles. The molecule has 0 aromatic carbocycles. The molecule has 0 aromatic heterocycles. The Kier molecular flexibility index (Phi) is 5.93. The van der Waals surface area contributed by atoms with Gasteiger partial charge in [-0.05, 0) is 31.7 Å². The highest BCUT2D eigenvalue weighted by Crippen LogP contribution is 2.27. The van der Waals surface area contributed by atoms with Crippen molar-refractivity contribution in [3.05, 3.63) is 0 Å². The number of morpholine rings is 1. The maximum absolute atomic E-state index is 6.50. The van der Waals surface area contributed by atoms with Crippen LogP contribution in [-0.2, 0) is 4.74 Å². The fourth-order valence-corrected chi connectivity index (χ4v) is 3.48. The van der Waals surface area contributed by atoms with E-state index < -0.39 is 0 Å². The molecule has 18 heavy (non-hydrogen) atoms. The molecule has 0 amide bonds. The maximum atomic E-state index is 6.50. The van der Waals surface area contributed by atoms with Gasteiger partial charge in [-0.1, -0.05) is 32.6 Å². The van der Waals surface area contributed by atoms with Crippen molar-refractivity contribution < 1.29 is 4.74 Å². The van der Waals surface area contributed by atoms with Gasteiger partial charge in [0.2, 0.25) is 0 Å². The van der Waals surface area contributed by atoms with Gasteiger partial charge in [-0.25, -0.2) is 0 Å². The lowest BCUT2D eigenvalue weighted by molar-refractivity contribution is -0.0502. The third-order valence-corrected chi connectivity index (χ3v) is 4.59. The van der Waals surface area contributed by atoms with Gasteiger partial charge in [-0.2, -0.15) is 0 Å². The van der Waals surface area contributed by atoms with Crippen LogP contribution in [0.5, 0.6) is 0 Å². The van der Waals surface area contributed by atoms with E-state index in [1.165, 1.54) is 51.5 Å². The summed E-state index contributed by atoms with van der Waals surface area (Å²) in [7, 11) is 0. The number of hydrogen-bond acceptors (Lipinski definition) is 3. The van der Waals surface area contributed by atoms with E-state index >= 15 is 0 Å². The van der Waals surface area contributed by atoms with Gasteiger partial charge in [0.25, 0.3) is 0 Å². The monoisotopic (exact) mass is 254 g/mol. The predicted octanol–water partition coefficient (Wildman–Crippen LogP) is 2.39. The molecule has 1 saturated heterocycles. The summed E-state index contributed by atoms with van der Waals surface area (Å²) in [5.74, 6) is 0.694. The van der Waals surface area contributed by atoms with E-state index in [0.717, 1.165) is 19.7 Å². The first-order valence-corrected chi connectivity index (χ1v) is 7.90. The Morgan fingerprint density at radius 3 is 2.61 bits per heavy atom. The summed E-state index contributed by atoms with van der Waals surface area (Å²) >= 11 is 0. The summed E-state index contributed by atoms with van der Waals surface area (Å²) in [6.45, 7) is 6.44. The number of hydrogen-bond donors (Lipinski definition) is 1. The standard InChI is InChI=1S/C15H30N2O/c1-2-9-17-10-11-18-14(12-17)15(16)13-7-5-3-4-6-8-13/h13-15H,2-12,16H2,1H3. The Labute approximate surface area is 112 Å². The smallest absolute Gasteiger partial charge is 0.0855 e. The van der Waals surface area contributed by atoms with Crippen molar-refractivity contribution in [2.45, 2.75) is 64.0 Å². The highest BCUT2D eigenvalue weighted by Gasteiger charge is 2.30. The second kappa shape index (κ2) is 7.46. The van der Waals surface area contributed by atoms with Crippen LogP contribution in [0.2, 0.25) is 0 Å². The largest absolute Gasteiger partial charge is 0.374 e. The van der Waals surface area contributed by atoms with Crippen LogP contribution in [0.15, 0.2) is 0 Å². The summed E-state index contributed by atoms with van der Waals surface area (Å²) in [6, 6.07) is 0.253. The van der Waals surface area contributed by atoms with E-state index in [0.29, 0.717) is 5.92 Å². The van der Waals surface area contributed by atoms with Gasteiger partial charge in [-0.3, -0.25) is 4.90 Å². The van der Waals surface area contributed by atoms with Crippen LogP contribution in [0.1, 0.15) is 51.9 Å². The third-order valence-electron chi connectivity index (χ3n) is 4.59. The van der Waals surface area contributed by atoms with Gasteiger partial charge in [-0.15, -0.1) is 0 Å². The minimum atomic E-state index is 0.253. The van der Waals surface area contributed by atoms with Crippen LogP contribution in [0.25, 0.3) is 0 Å². The summed E-state index contributed by atoms with van der Waals surface area (Å²) < 4.78 is 5.94. The Hall–Kier alpha value is -0.120. The van der Waals surface area contributed by atoms with Crippen LogP contribution in [0, 0.1) is 5.92 Å². The molecule has 0 bridgehead atoms. The fourth-order valence-electron chi connectivity index (χ4n) is 3.48. The Morgan fingerprint density at radius 2 is 1.94 bits per heavy atom. The van der Waals surface area contributed by atoms with E-state index in [2.05, 4.69) is 11.8 Å². The van der Waals surface area contributed by atoms with Crippen LogP contribution < -0.4 is 5.73 Å². The first-order valence-electron chi connectivity index (χ1n) is 7.90. The first-order chi connectivity index (χ1) is 8.81. The number of ether oxygens (including phenoxy) is 1. The minimum Gasteiger partial charge on any atom is -0.374 e. The van der Waals surface area contributed by atoms with E-state index in [9.17, 15) is 0 Å². The Morgan fingerprint density at radius 1 is 1.22 bits per heavy atom. The van der Waals surface area contributed by atoms with Crippen molar-refractivity contribution in [3.63, 3.8) is 0 Å². The molecule has 106 valence electrons. The van der Waals surface area contributed by atoms with Crippen LogP contribution >= 0.6 is 0 Å².